The first-order valence-corrected chi connectivity index (χ1v) is 7.80. The van der Waals surface area contributed by atoms with Crippen LogP contribution in [0.5, 0.6) is 11.8 Å². The van der Waals surface area contributed by atoms with Crippen LogP contribution in [0.2, 0.25) is 0 Å². The molecule has 6 nitrogen and oxygen atoms in total. The van der Waals surface area contributed by atoms with Crippen LogP contribution in [0.15, 0.2) is 35.5 Å². The lowest BCUT2D eigenvalue weighted by molar-refractivity contribution is -0.132. The van der Waals surface area contributed by atoms with Crippen molar-refractivity contribution in [2.24, 2.45) is 0 Å². The summed E-state index contributed by atoms with van der Waals surface area (Å²) in [5.74, 6) is -0.535. The summed E-state index contributed by atoms with van der Waals surface area (Å²) in [6, 6.07) is 6.13. The summed E-state index contributed by atoms with van der Waals surface area (Å²) in [6.45, 7) is 1.70. The second kappa shape index (κ2) is 6.58. The van der Waals surface area contributed by atoms with Crippen molar-refractivity contribution in [2.45, 2.75) is 18.4 Å². The Balaban J connectivity index is 2.21. The van der Waals surface area contributed by atoms with E-state index in [1.807, 2.05) is 0 Å². The first kappa shape index (κ1) is 14.6. The highest BCUT2D eigenvalue weighted by Gasteiger charge is 2.14. The zero-order chi connectivity index (χ0) is 14.5. The maximum atomic E-state index is 11.1. The minimum atomic E-state index is -0.327. The molecule has 0 saturated heterocycles. The number of nitrogens with zero attached hydrogens (tertiary/aromatic N) is 2. The molecule has 20 heavy (non-hydrogen) atoms. The van der Waals surface area contributed by atoms with Gasteiger partial charge < -0.3 is 14.4 Å². The van der Waals surface area contributed by atoms with E-state index in [9.17, 15) is 15.0 Å². The highest BCUT2D eigenvalue weighted by Crippen LogP contribution is 2.37. The molecule has 2 aromatic rings. The second-order valence-corrected chi connectivity index (χ2v) is 5.44. The van der Waals surface area contributed by atoms with Crippen molar-refractivity contribution in [3.8, 4) is 17.4 Å². The number of carbonyl (C=O) groups excluding carboxylic acids is 1. The molecule has 2 heterocycles. The lowest BCUT2D eigenvalue weighted by atomic mass is 10.4. The molecule has 0 fully saturated rings. The Morgan fingerprint density at radius 2 is 2.05 bits per heavy atom. The molecule has 0 aromatic carbocycles. The second-order valence-electron chi connectivity index (χ2n) is 3.67. The zero-order valence-corrected chi connectivity index (χ0v) is 12.1. The van der Waals surface area contributed by atoms with Gasteiger partial charge in [0.2, 0.25) is 0 Å². The van der Waals surface area contributed by atoms with E-state index >= 15 is 0 Å². The van der Waals surface area contributed by atoms with E-state index in [0.717, 1.165) is 21.9 Å². The predicted molar refractivity (Wildman–Crippen MR) is 76.7 cm³/mol. The number of pyridine rings is 1. The van der Waals surface area contributed by atoms with E-state index in [0.29, 0.717) is 17.1 Å². The fourth-order valence-corrected chi connectivity index (χ4v) is 2.97. The standard InChI is InChI=1S/C12H12N2O4S2/c1-2-11(17)18-20-19-12-8(4-3-7-13-12)14-9(15)5-6-10(14)16/h3-7,15-16H,2H2,1H3. The maximum absolute atomic E-state index is 11.1. The van der Waals surface area contributed by atoms with Gasteiger partial charge in [0.25, 0.3) is 0 Å². The number of hydrogen-bond donors (Lipinski definition) is 2. The third kappa shape index (κ3) is 3.20. The summed E-state index contributed by atoms with van der Waals surface area (Å²) < 4.78 is 6.14. The van der Waals surface area contributed by atoms with Gasteiger partial charge in [0.15, 0.2) is 11.8 Å². The molecular weight excluding hydrogens is 300 g/mol. The third-order valence-corrected chi connectivity index (χ3v) is 4.04. The summed E-state index contributed by atoms with van der Waals surface area (Å²) in [5, 5.41) is 20.0. The van der Waals surface area contributed by atoms with Gasteiger partial charge in [-0.15, -0.1) is 0 Å². The summed E-state index contributed by atoms with van der Waals surface area (Å²) in [7, 11) is 1.13. The monoisotopic (exact) mass is 312 g/mol. The van der Waals surface area contributed by atoms with E-state index in [4.69, 9.17) is 4.18 Å². The van der Waals surface area contributed by atoms with Gasteiger partial charge >= 0.3 is 5.97 Å². The molecule has 0 amide bonds. The smallest absolute Gasteiger partial charge is 0.318 e. The molecular formula is C12H12N2O4S2. The molecule has 8 heteroatoms. The lowest BCUT2D eigenvalue weighted by Gasteiger charge is -2.10. The molecule has 2 aromatic heterocycles. The van der Waals surface area contributed by atoms with Crippen LogP contribution in [-0.4, -0.2) is 25.7 Å². The van der Waals surface area contributed by atoms with Gasteiger partial charge in [0.05, 0.1) is 5.69 Å². The van der Waals surface area contributed by atoms with Crippen LogP contribution in [0.3, 0.4) is 0 Å². The molecule has 0 aliphatic rings. The maximum Gasteiger partial charge on any atom is 0.318 e. The molecule has 0 atom stereocenters. The molecule has 0 aliphatic heterocycles. The van der Waals surface area contributed by atoms with Crippen molar-refractivity contribution in [2.75, 3.05) is 0 Å². The van der Waals surface area contributed by atoms with Crippen LogP contribution in [0.4, 0.5) is 0 Å². The SMILES string of the molecule is CCC(=O)OSSc1ncccc1-n1c(O)ccc1O. The highest BCUT2D eigenvalue weighted by molar-refractivity contribution is 8.75. The quantitative estimate of drug-likeness (QED) is 0.648. The van der Waals surface area contributed by atoms with Crippen LogP contribution >= 0.6 is 21.9 Å². The Bertz CT molecular complexity index is 596. The van der Waals surface area contributed by atoms with E-state index < -0.39 is 0 Å². The molecule has 0 spiro atoms. The minimum Gasteiger partial charge on any atom is -0.494 e. The fraction of sp³-hybridized carbons (Fsp3) is 0.167. The van der Waals surface area contributed by atoms with Crippen LogP contribution in [0.25, 0.3) is 5.69 Å². The number of hydrogen-bond acceptors (Lipinski definition) is 7. The van der Waals surface area contributed by atoms with Gasteiger partial charge in [-0.2, -0.15) is 0 Å². The molecule has 0 radical (unpaired) electrons. The topological polar surface area (TPSA) is 84.6 Å². The Morgan fingerprint density at radius 1 is 1.35 bits per heavy atom. The van der Waals surface area contributed by atoms with Gasteiger partial charge in [-0.1, -0.05) is 6.92 Å². The molecule has 2 rings (SSSR count). The van der Waals surface area contributed by atoms with Gasteiger partial charge in [0, 0.05) is 35.5 Å². The minimum absolute atomic E-state index is 0.104. The summed E-state index contributed by atoms with van der Waals surface area (Å²) in [5.41, 5.74) is 0.498. The van der Waals surface area contributed by atoms with E-state index in [-0.39, 0.29) is 17.7 Å². The van der Waals surface area contributed by atoms with Crippen LogP contribution < -0.4 is 0 Å². The largest absolute Gasteiger partial charge is 0.494 e. The summed E-state index contributed by atoms with van der Waals surface area (Å²) >= 11 is 0.890. The van der Waals surface area contributed by atoms with E-state index in [1.165, 1.54) is 16.7 Å². The molecule has 2 N–H and O–H groups in total. The predicted octanol–water partition coefficient (Wildman–Crippen LogP) is 2.89. The van der Waals surface area contributed by atoms with Crippen molar-refractivity contribution >= 4 is 27.8 Å². The zero-order valence-electron chi connectivity index (χ0n) is 10.5. The summed E-state index contributed by atoms with van der Waals surface area (Å²) in [6.07, 6.45) is 1.87. The Hall–Kier alpha value is -1.80. The number of aromatic hydroxyl groups is 2. The Kier molecular flexibility index (Phi) is 4.80. The normalized spacial score (nSPS) is 10.4. The number of carbonyl (C=O) groups is 1. The van der Waals surface area contributed by atoms with E-state index in [1.54, 1.807) is 25.3 Å². The summed E-state index contributed by atoms with van der Waals surface area (Å²) in [4.78, 5) is 15.2. The van der Waals surface area contributed by atoms with Crippen molar-refractivity contribution in [1.82, 2.24) is 9.55 Å². The molecule has 0 unspecified atom stereocenters. The average molecular weight is 312 g/mol. The molecule has 106 valence electrons. The molecule has 0 saturated carbocycles. The van der Waals surface area contributed by atoms with Gasteiger partial charge in [0.1, 0.15) is 16.1 Å². The Labute approximate surface area is 123 Å². The number of rotatable bonds is 5. The van der Waals surface area contributed by atoms with Gasteiger partial charge in [-0.3, -0.25) is 4.79 Å². The third-order valence-electron chi connectivity index (χ3n) is 2.36. The fourth-order valence-electron chi connectivity index (χ4n) is 1.43. The van der Waals surface area contributed by atoms with Crippen molar-refractivity contribution < 1.29 is 19.2 Å². The van der Waals surface area contributed by atoms with Crippen molar-refractivity contribution in [3.63, 3.8) is 0 Å². The van der Waals surface area contributed by atoms with Crippen molar-refractivity contribution in [1.29, 1.82) is 0 Å². The van der Waals surface area contributed by atoms with Gasteiger partial charge in [-0.05, 0) is 12.1 Å². The van der Waals surface area contributed by atoms with Crippen LogP contribution in [-0.2, 0) is 8.98 Å². The highest BCUT2D eigenvalue weighted by atomic mass is 33.1. The van der Waals surface area contributed by atoms with E-state index in [2.05, 4.69) is 4.98 Å². The first-order chi connectivity index (χ1) is 9.63. The van der Waals surface area contributed by atoms with Gasteiger partial charge in [-0.25, -0.2) is 9.55 Å². The molecule has 0 aliphatic carbocycles. The van der Waals surface area contributed by atoms with Crippen LogP contribution in [0.1, 0.15) is 13.3 Å². The Morgan fingerprint density at radius 3 is 2.70 bits per heavy atom. The average Bonchev–Trinajstić information content (AvgIpc) is 2.78. The molecule has 0 bridgehead atoms. The first-order valence-electron chi connectivity index (χ1n) is 5.72. The van der Waals surface area contributed by atoms with Crippen LogP contribution in [0, 0.1) is 0 Å². The van der Waals surface area contributed by atoms with Crippen molar-refractivity contribution in [3.05, 3.63) is 30.5 Å². The number of aromatic nitrogens is 2. The lowest BCUT2D eigenvalue weighted by Crippen LogP contribution is -1.97.